The number of nitrogens with one attached hydrogen (secondary N) is 1. The van der Waals surface area contributed by atoms with Gasteiger partial charge in [0.15, 0.2) is 5.82 Å². The van der Waals surface area contributed by atoms with Gasteiger partial charge in [0.2, 0.25) is 0 Å². The molecule has 2 aromatic heterocycles. The Bertz CT molecular complexity index is 662. The molecule has 0 bridgehead atoms. The molecule has 0 fully saturated rings. The van der Waals surface area contributed by atoms with E-state index in [2.05, 4.69) is 34.3 Å². The molecule has 0 atom stereocenters. The number of rotatable bonds is 5. The summed E-state index contributed by atoms with van der Waals surface area (Å²) in [6.07, 6.45) is 1.63. The van der Waals surface area contributed by atoms with Gasteiger partial charge in [0, 0.05) is 38.9 Å². The molecule has 0 aliphatic carbocycles. The SMILES string of the molecule is CC(C)c1nnc(CNC(=O)c2cc(N(C)C)ccn2)n1C. The minimum absolute atomic E-state index is 0.224. The minimum Gasteiger partial charge on any atom is -0.378 e. The van der Waals surface area contributed by atoms with Crippen LogP contribution in [0.3, 0.4) is 0 Å². The molecule has 2 heterocycles. The zero-order chi connectivity index (χ0) is 16.3. The van der Waals surface area contributed by atoms with Gasteiger partial charge >= 0.3 is 0 Å². The molecule has 2 aromatic rings. The maximum atomic E-state index is 12.2. The van der Waals surface area contributed by atoms with Gasteiger partial charge in [-0.15, -0.1) is 10.2 Å². The van der Waals surface area contributed by atoms with Gasteiger partial charge in [0.05, 0.1) is 6.54 Å². The summed E-state index contributed by atoms with van der Waals surface area (Å²) in [5, 5.41) is 11.1. The summed E-state index contributed by atoms with van der Waals surface area (Å²) in [6.45, 7) is 4.44. The summed E-state index contributed by atoms with van der Waals surface area (Å²) < 4.78 is 1.91. The van der Waals surface area contributed by atoms with Gasteiger partial charge in [-0.3, -0.25) is 9.78 Å². The minimum atomic E-state index is -0.224. The van der Waals surface area contributed by atoms with E-state index in [0.717, 1.165) is 17.3 Å². The Labute approximate surface area is 130 Å². The molecular weight excluding hydrogens is 280 g/mol. The number of amides is 1. The van der Waals surface area contributed by atoms with E-state index in [1.165, 1.54) is 0 Å². The highest BCUT2D eigenvalue weighted by Gasteiger charge is 2.14. The van der Waals surface area contributed by atoms with E-state index in [0.29, 0.717) is 18.2 Å². The Balaban J connectivity index is 2.05. The number of aromatic nitrogens is 4. The highest BCUT2D eigenvalue weighted by molar-refractivity contribution is 5.93. The van der Waals surface area contributed by atoms with Crippen molar-refractivity contribution in [1.82, 2.24) is 25.1 Å². The van der Waals surface area contributed by atoms with Gasteiger partial charge in [0.25, 0.3) is 5.91 Å². The lowest BCUT2D eigenvalue weighted by atomic mass is 10.2. The molecule has 0 aliphatic heterocycles. The fourth-order valence-corrected chi connectivity index (χ4v) is 2.10. The first-order chi connectivity index (χ1) is 10.4. The molecule has 0 unspecified atom stereocenters. The van der Waals surface area contributed by atoms with E-state index in [1.54, 1.807) is 12.3 Å². The number of carbonyl (C=O) groups excluding carboxylic acids is 1. The van der Waals surface area contributed by atoms with Crippen molar-refractivity contribution in [3.8, 4) is 0 Å². The van der Waals surface area contributed by atoms with Gasteiger partial charge in [-0.2, -0.15) is 0 Å². The number of carbonyl (C=O) groups is 1. The molecule has 0 radical (unpaired) electrons. The molecule has 0 aromatic carbocycles. The predicted molar refractivity (Wildman–Crippen MR) is 84.8 cm³/mol. The Morgan fingerprint density at radius 1 is 1.36 bits per heavy atom. The van der Waals surface area contributed by atoms with Crippen LogP contribution in [-0.4, -0.2) is 39.8 Å². The van der Waals surface area contributed by atoms with E-state index in [9.17, 15) is 4.79 Å². The number of pyridine rings is 1. The second kappa shape index (κ2) is 6.55. The lowest BCUT2D eigenvalue weighted by Crippen LogP contribution is -2.25. The van der Waals surface area contributed by atoms with Crippen LogP contribution < -0.4 is 10.2 Å². The molecule has 0 saturated heterocycles. The first-order valence-corrected chi connectivity index (χ1v) is 7.20. The van der Waals surface area contributed by atoms with Gasteiger partial charge in [0.1, 0.15) is 11.5 Å². The number of anilines is 1. The molecule has 22 heavy (non-hydrogen) atoms. The Kier molecular flexibility index (Phi) is 4.75. The molecule has 0 spiro atoms. The molecule has 2 rings (SSSR count). The van der Waals surface area contributed by atoms with Crippen LogP contribution in [0.25, 0.3) is 0 Å². The van der Waals surface area contributed by atoms with Crippen LogP contribution >= 0.6 is 0 Å². The van der Waals surface area contributed by atoms with Crippen LogP contribution in [0.2, 0.25) is 0 Å². The highest BCUT2D eigenvalue weighted by atomic mass is 16.1. The van der Waals surface area contributed by atoms with Crippen molar-refractivity contribution < 1.29 is 4.79 Å². The molecular formula is C15H22N6O. The lowest BCUT2D eigenvalue weighted by Gasteiger charge is -2.13. The summed E-state index contributed by atoms with van der Waals surface area (Å²) in [5.41, 5.74) is 1.32. The normalized spacial score (nSPS) is 10.8. The topological polar surface area (TPSA) is 75.9 Å². The quantitative estimate of drug-likeness (QED) is 0.901. The maximum absolute atomic E-state index is 12.2. The van der Waals surface area contributed by atoms with Crippen molar-refractivity contribution in [3.63, 3.8) is 0 Å². The number of nitrogens with zero attached hydrogens (tertiary/aromatic N) is 5. The van der Waals surface area contributed by atoms with E-state index < -0.39 is 0 Å². The van der Waals surface area contributed by atoms with Crippen LogP contribution in [0.5, 0.6) is 0 Å². The Morgan fingerprint density at radius 3 is 2.68 bits per heavy atom. The average molecular weight is 302 g/mol. The van der Waals surface area contributed by atoms with Crippen LogP contribution in [0, 0.1) is 0 Å². The fourth-order valence-electron chi connectivity index (χ4n) is 2.10. The third-order valence-corrected chi connectivity index (χ3v) is 3.41. The first-order valence-electron chi connectivity index (χ1n) is 7.20. The van der Waals surface area contributed by atoms with E-state index >= 15 is 0 Å². The van der Waals surface area contributed by atoms with E-state index in [-0.39, 0.29) is 5.91 Å². The van der Waals surface area contributed by atoms with Crippen molar-refractivity contribution in [1.29, 1.82) is 0 Å². The highest BCUT2D eigenvalue weighted by Crippen LogP contribution is 2.12. The third-order valence-electron chi connectivity index (χ3n) is 3.41. The van der Waals surface area contributed by atoms with Crippen LogP contribution in [0.15, 0.2) is 18.3 Å². The molecule has 7 nitrogen and oxygen atoms in total. The Hall–Kier alpha value is -2.44. The molecule has 7 heteroatoms. The standard InChI is InChI=1S/C15H22N6O/c1-10(2)14-19-18-13(21(14)5)9-17-15(22)12-8-11(20(3)4)6-7-16-12/h6-8,10H,9H2,1-5H3,(H,17,22). The second-order valence-corrected chi connectivity index (χ2v) is 5.66. The molecule has 0 saturated carbocycles. The van der Waals surface area contributed by atoms with Gasteiger partial charge in [-0.05, 0) is 12.1 Å². The van der Waals surface area contributed by atoms with Crippen molar-refractivity contribution in [2.45, 2.75) is 26.3 Å². The first kappa shape index (κ1) is 15.9. The van der Waals surface area contributed by atoms with Crippen LogP contribution in [0.4, 0.5) is 5.69 Å². The van der Waals surface area contributed by atoms with Crippen molar-refractivity contribution in [2.24, 2.45) is 7.05 Å². The van der Waals surface area contributed by atoms with Crippen molar-refractivity contribution in [2.75, 3.05) is 19.0 Å². The number of hydrogen-bond donors (Lipinski definition) is 1. The fraction of sp³-hybridized carbons (Fsp3) is 0.467. The van der Waals surface area contributed by atoms with Crippen molar-refractivity contribution >= 4 is 11.6 Å². The number of hydrogen-bond acceptors (Lipinski definition) is 5. The average Bonchev–Trinajstić information content (AvgIpc) is 2.86. The van der Waals surface area contributed by atoms with Crippen LogP contribution in [0.1, 0.15) is 41.9 Å². The largest absolute Gasteiger partial charge is 0.378 e. The lowest BCUT2D eigenvalue weighted by molar-refractivity contribution is 0.0944. The molecule has 118 valence electrons. The van der Waals surface area contributed by atoms with Crippen LogP contribution in [-0.2, 0) is 13.6 Å². The van der Waals surface area contributed by atoms with Gasteiger partial charge in [-0.25, -0.2) is 0 Å². The molecule has 0 aliphatic rings. The maximum Gasteiger partial charge on any atom is 0.270 e. The van der Waals surface area contributed by atoms with Gasteiger partial charge < -0.3 is 14.8 Å². The smallest absolute Gasteiger partial charge is 0.270 e. The summed E-state index contributed by atoms with van der Waals surface area (Å²) in [5.74, 6) is 1.69. The second-order valence-electron chi connectivity index (χ2n) is 5.66. The zero-order valence-corrected chi connectivity index (χ0v) is 13.7. The van der Waals surface area contributed by atoms with E-state index in [1.807, 2.05) is 36.7 Å². The van der Waals surface area contributed by atoms with Gasteiger partial charge in [-0.1, -0.05) is 13.8 Å². The summed E-state index contributed by atoms with van der Waals surface area (Å²) in [4.78, 5) is 18.2. The monoisotopic (exact) mass is 302 g/mol. The molecule has 1 amide bonds. The van der Waals surface area contributed by atoms with E-state index in [4.69, 9.17) is 0 Å². The third kappa shape index (κ3) is 3.41. The van der Waals surface area contributed by atoms with Crippen molar-refractivity contribution in [3.05, 3.63) is 35.7 Å². The predicted octanol–water partition coefficient (Wildman–Crippen LogP) is 1.33. The summed E-state index contributed by atoms with van der Waals surface area (Å²) in [7, 11) is 5.75. The summed E-state index contributed by atoms with van der Waals surface area (Å²) in [6, 6.07) is 3.61. The Morgan fingerprint density at radius 2 is 2.09 bits per heavy atom. The zero-order valence-electron chi connectivity index (χ0n) is 13.7. The molecule has 1 N–H and O–H groups in total. The summed E-state index contributed by atoms with van der Waals surface area (Å²) >= 11 is 0.